The molecule has 1 unspecified atom stereocenters. The highest BCUT2D eigenvalue weighted by Gasteiger charge is 2.23. The molecule has 1 atom stereocenters. The smallest absolute Gasteiger partial charge is 0.0762 e. The van der Waals surface area contributed by atoms with Crippen LogP contribution < -0.4 is 10.6 Å². The molecule has 0 spiro atoms. The number of methoxy groups -OCH3 is 1. The Morgan fingerprint density at radius 2 is 2.28 bits per heavy atom. The van der Waals surface area contributed by atoms with Crippen LogP contribution >= 0.6 is 0 Å². The molecule has 0 saturated carbocycles. The van der Waals surface area contributed by atoms with Crippen molar-refractivity contribution in [2.75, 3.05) is 30.8 Å². The Morgan fingerprint density at radius 1 is 1.39 bits per heavy atom. The first-order valence-corrected chi connectivity index (χ1v) is 6.19. The zero-order chi connectivity index (χ0) is 12.5. The molecule has 2 N–H and O–H groups in total. The van der Waals surface area contributed by atoms with Crippen LogP contribution in [-0.4, -0.2) is 31.3 Å². The molecule has 0 radical (unpaired) electrons. The maximum atomic E-state index is 6.28. The number of nitrogens with two attached hydrogens (primary N) is 1. The predicted molar refractivity (Wildman–Crippen MR) is 73.8 cm³/mol. The van der Waals surface area contributed by atoms with Gasteiger partial charge in [-0.05, 0) is 18.6 Å². The number of rotatable bonds is 2. The number of benzene rings is 1. The normalized spacial score (nSPS) is 19.6. The van der Waals surface area contributed by atoms with Gasteiger partial charge in [0.15, 0.2) is 0 Å². The van der Waals surface area contributed by atoms with Crippen LogP contribution in [0.4, 0.5) is 11.4 Å². The summed E-state index contributed by atoms with van der Waals surface area (Å²) >= 11 is 0. The lowest BCUT2D eigenvalue weighted by molar-refractivity contribution is 0.121. The molecule has 1 saturated heterocycles. The van der Waals surface area contributed by atoms with Crippen molar-refractivity contribution < 1.29 is 4.74 Å². The third-order valence-electron chi connectivity index (χ3n) is 3.66. The third-order valence-corrected chi connectivity index (χ3v) is 3.66. The Morgan fingerprint density at radius 3 is 3.06 bits per heavy atom. The number of hydrogen-bond donors (Lipinski definition) is 1. The van der Waals surface area contributed by atoms with Gasteiger partial charge < -0.3 is 15.4 Å². The summed E-state index contributed by atoms with van der Waals surface area (Å²) in [6.07, 6.45) is 5.00. The Bertz CT molecular complexity index is 570. The molecule has 4 nitrogen and oxygen atoms in total. The minimum atomic E-state index is 0.317. The zero-order valence-corrected chi connectivity index (χ0v) is 10.5. The SMILES string of the molecule is COC1CCN(c2ccc3cnccc3c2N)C1. The van der Waals surface area contributed by atoms with Gasteiger partial charge in [-0.1, -0.05) is 6.07 Å². The van der Waals surface area contributed by atoms with Crippen molar-refractivity contribution in [3.63, 3.8) is 0 Å². The number of ether oxygens (including phenoxy) is 1. The Hall–Kier alpha value is -1.81. The molecule has 0 amide bonds. The van der Waals surface area contributed by atoms with E-state index in [1.54, 1.807) is 13.3 Å². The lowest BCUT2D eigenvalue weighted by Crippen LogP contribution is -2.23. The molecule has 0 aliphatic carbocycles. The van der Waals surface area contributed by atoms with E-state index in [1.165, 1.54) is 0 Å². The van der Waals surface area contributed by atoms with Crippen LogP contribution in [0.2, 0.25) is 0 Å². The second-order valence-electron chi connectivity index (χ2n) is 4.69. The van der Waals surface area contributed by atoms with Crippen molar-refractivity contribution in [2.24, 2.45) is 0 Å². The summed E-state index contributed by atoms with van der Waals surface area (Å²) in [5, 5.41) is 2.16. The fourth-order valence-electron chi connectivity index (χ4n) is 2.60. The molecule has 2 heterocycles. The molecular formula is C14H17N3O. The van der Waals surface area contributed by atoms with Gasteiger partial charge in [0.25, 0.3) is 0 Å². The van der Waals surface area contributed by atoms with E-state index in [-0.39, 0.29) is 0 Å². The lowest BCUT2D eigenvalue weighted by Gasteiger charge is -2.21. The van der Waals surface area contributed by atoms with Crippen molar-refractivity contribution in [2.45, 2.75) is 12.5 Å². The highest BCUT2D eigenvalue weighted by Crippen LogP contribution is 2.33. The van der Waals surface area contributed by atoms with Crippen LogP contribution in [-0.2, 0) is 4.74 Å². The standard InChI is InChI=1S/C14H17N3O/c1-18-11-5-7-17(9-11)13-3-2-10-8-16-6-4-12(10)14(13)15/h2-4,6,8,11H,5,7,9,15H2,1H3. The quantitative estimate of drug-likeness (QED) is 0.820. The third kappa shape index (κ3) is 1.78. The number of aromatic nitrogens is 1. The van der Waals surface area contributed by atoms with Gasteiger partial charge in [-0.15, -0.1) is 0 Å². The largest absolute Gasteiger partial charge is 0.397 e. The van der Waals surface area contributed by atoms with Crippen LogP contribution in [0.15, 0.2) is 30.6 Å². The highest BCUT2D eigenvalue weighted by atomic mass is 16.5. The summed E-state index contributed by atoms with van der Waals surface area (Å²) in [5.41, 5.74) is 8.22. The molecule has 3 rings (SSSR count). The molecule has 0 bridgehead atoms. The van der Waals surface area contributed by atoms with Crippen molar-refractivity contribution in [1.29, 1.82) is 0 Å². The monoisotopic (exact) mass is 243 g/mol. The zero-order valence-electron chi connectivity index (χ0n) is 10.5. The molecule has 18 heavy (non-hydrogen) atoms. The van der Waals surface area contributed by atoms with E-state index in [2.05, 4.69) is 22.0 Å². The van der Waals surface area contributed by atoms with E-state index < -0.39 is 0 Å². The first-order valence-electron chi connectivity index (χ1n) is 6.19. The van der Waals surface area contributed by atoms with Crippen LogP contribution in [0.3, 0.4) is 0 Å². The van der Waals surface area contributed by atoms with Gasteiger partial charge in [0.1, 0.15) is 0 Å². The minimum Gasteiger partial charge on any atom is -0.397 e. The van der Waals surface area contributed by atoms with E-state index in [0.717, 1.165) is 41.7 Å². The first-order chi connectivity index (χ1) is 8.79. The van der Waals surface area contributed by atoms with Gasteiger partial charge in [-0.3, -0.25) is 4.98 Å². The molecule has 1 aromatic heterocycles. The summed E-state index contributed by atoms with van der Waals surface area (Å²) < 4.78 is 5.40. The summed E-state index contributed by atoms with van der Waals surface area (Å²) in [7, 11) is 1.77. The van der Waals surface area contributed by atoms with Crippen LogP contribution in [0.1, 0.15) is 6.42 Å². The number of anilines is 2. The number of pyridine rings is 1. The van der Waals surface area contributed by atoms with E-state index in [4.69, 9.17) is 10.5 Å². The molecule has 94 valence electrons. The number of hydrogen-bond acceptors (Lipinski definition) is 4. The van der Waals surface area contributed by atoms with Gasteiger partial charge in [0, 0.05) is 43.4 Å². The molecule has 1 aromatic carbocycles. The molecule has 2 aromatic rings. The van der Waals surface area contributed by atoms with E-state index >= 15 is 0 Å². The van der Waals surface area contributed by atoms with E-state index in [1.807, 2.05) is 12.3 Å². The molecular weight excluding hydrogens is 226 g/mol. The van der Waals surface area contributed by atoms with Crippen LogP contribution in [0.5, 0.6) is 0 Å². The number of nitrogens with zero attached hydrogens (tertiary/aromatic N) is 2. The van der Waals surface area contributed by atoms with E-state index in [0.29, 0.717) is 6.10 Å². The number of nitrogen functional groups attached to an aromatic ring is 1. The average molecular weight is 243 g/mol. The van der Waals surface area contributed by atoms with Crippen molar-refractivity contribution in [3.8, 4) is 0 Å². The fraction of sp³-hybridized carbons (Fsp3) is 0.357. The Labute approximate surface area is 106 Å². The second kappa shape index (κ2) is 4.46. The van der Waals surface area contributed by atoms with Crippen molar-refractivity contribution in [1.82, 2.24) is 4.98 Å². The molecule has 1 aliphatic heterocycles. The van der Waals surface area contributed by atoms with Crippen LogP contribution in [0, 0.1) is 0 Å². The van der Waals surface area contributed by atoms with Crippen LogP contribution in [0.25, 0.3) is 10.8 Å². The van der Waals surface area contributed by atoms with Gasteiger partial charge in [0.05, 0.1) is 17.5 Å². The molecule has 4 heteroatoms. The summed E-state index contributed by atoms with van der Waals surface area (Å²) in [4.78, 5) is 6.41. The fourth-order valence-corrected chi connectivity index (χ4v) is 2.60. The van der Waals surface area contributed by atoms with Gasteiger partial charge in [-0.25, -0.2) is 0 Å². The summed E-state index contributed by atoms with van der Waals surface area (Å²) in [5.74, 6) is 0. The average Bonchev–Trinajstić information content (AvgIpc) is 2.88. The molecule has 1 aliphatic rings. The van der Waals surface area contributed by atoms with Gasteiger partial charge >= 0.3 is 0 Å². The van der Waals surface area contributed by atoms with Gasteiger partial charge in [-0.2, -0.15) is 0 Å². The first kappa shape index (κ1) is 11.3. The molecule has 1 fully saturated rings. The summed E-state index contributed by atoms with van der Waals surface area (Å²) in [6.45, 7) is 1.91. The second-order valence-corrected chi connectivity index (χ2v) is 4.69. The number of fused-ring (bicyclic) bond motifs is 1. The lowest BCUT2D eigenvalue weighted by atomic mass is 10.1. The van der Waals surface area contributed by atoms with E-state index in [9.17, 15) is 0 Å². The Kier molecular flexibility index (Phi) is 2.80. The maximum Gasteiger partial charge on any atom is 0.0762 e. The topological polar surface area (TPSA) is 51.4 Å². The van der Waals surface area contributed by atoms with Crippen molar-refractivity contribution in [3.05, 3.63) is 30.6 Å². The highest BCUT2D eigenvalue weighted by molar-refractivity contribution is 5.98. The van der Waals surface area contributed by atoms with Gasteiger partial charge in [0.2, 0.25) is 0 Å². The maximum absolute atomic E-state index is 6.28. The minimum absolute atomic E-state index is 0.317. The van der Waals surface area contributed by atoms with Crippen molar-refractivity contribution >= 4 is 22.1 Å². The summed E-state index contributed by atoms with van der Waals surface area (Å²) in [6, 6.07) is 6.13. The predicted octanol–water partition coefficient (Wildman–Crippen LogP) is 2.04. The Balaban J connectivity index is 2.00.